The number of ether oxygens (including phenoxy) is 1. The average Bonchev–Trinajstić information content (AvgIpc) is 2.62. The third kappa shape index (κ3) is 3.28. The van der Waals surface area contributed by atoms with Crippen LogP contribution in [0.3, 0.4) is 0 Å². The van der Waals surface area contributed by atoms with Crippen LogP contribution in [0.1, 0.15) is 38.3 Å². The summed E-state index contributed by atoms with van der Waals surface area (Å²) in [5.41, 5.74) is 0. The summed E-state index contributed by atoms with van der Waals surface area (Å²) in [5, 5.41) is 17.0. The van der Waals surface area contributed by atoms with Crippen molar-refractivity contribution in [2.75, 3.05) is 6.61 Å². The lowest BCUT2D eigenvalue weighted by atomic mass is 10.4. The minimum absolute atomic E-state index is 0.0687. The van der Waals surface area contributed by atoms with Crippen LogP contribution >= 0.6 is 0 Å². The summed E-state index contributed by atoms with van der Waals surface area (Å²) in [4.78, 5) is 0. The van der Waals surface area contributed by atoms with Crippen LogP contribution in [0.2, 0.25) is 0 Å². The Kier molecular flexibility index (Phi) is 5.28. The minimum atomic E-state index is -0.0687. The Morgan fingerprint density at radius 1 is 1.20 bits per heavy atom. The van der Waals surface area contributed by atoms with Crippen LogP contribution in [0.15, 0.2) is 0 Å². The number of nitrogens with zero attached hydrogens (tertiary/aromatic N) is 3. The molecule has 1 rings (SSSR count). The second kappa shape index (κ2) is 6.53. The minimum Gasteiger partial charge on any atom is -0.388 e. The van der Waals surface area contributed by atoms with Crippen molar-refractivity contribution >= 4 is 0 Å². The van der Waals surface area contributed by atoms with Crippen LogP contribution in [0.5, 0.6) is 0 Å². The first-order valence-electron chi connectivity index (χ1n) is 5.43. The molecule has 1 heterocycles. The molecule has 0 unspecified atom stereocenters. The zero-order valence-corrected chi connectivity index (χ0v) is 9.44. The molecule has 86 valence electrons. The smallest absolute Gasteiger partial charge is 0.159 e. The van der Waals surface area contributed by atoms with Gasteiger partial charge in [-0.15, -0.1) is 10.2 Å². The van der Waals surface area contributed by atoms with Gasteiger partial charge in [0.1, 0.15) is 13.2 Å². The van der Waals surface area contributed by atoms with Crippen molar-refractivity contribution in [1.82, 2.24) is 14.8 Å². The van der Waals surface area contributed by atoms with Gasteiger partial charge in [0.15, 0.2) is 11.6 Å². The van der Waals surface area contributed by atoms with E-state index in [4.69, 9.17) is 9.84 Å². The molecule has 0 radical (unpaired) electrons. The molecule has 5 nitrogen and oxygen atoms in total. The molecule has 0 aliphatic carbocycles. The van der Waals surface area contributed by atoms with E-state index >= 15 is 0 Å². The number of aliphatic hydroxyl groups excluding tert-OH is 1. The summed E-state index contributed by atoms with van der Waals surface area (Å²) >= 11 is 0. The van der Waals surface area contributed by atoms with Gasteiger partial charge in [-0.3, -0.25) is 0 Å². The number of aromatic nitrogens is 3. The predicted molar refractivity (Wildman–Crippen MR) is 56.2 cm³/mol. The molecular weight excluding hydrogens is 194 g/mol. The van der Waals surface area contributed by atoms with Gasteiger partial charge in [0.05, 0.1) is 0 Å². The van der Waals surface area contributed by atoms with Gasteiger partial charge in [-0.2, -0.15) is 0 Å². The van der Waals surface area contributed by atoms with Crippen LogP contribution in [-0.4, -0.2) is 26.5 Å². The summed E-state index contributed by atoms with van der Waals surface area (Å²) in [5.74, 6) is 1.42. The number of aliphatic hydroxyl groups is 1. The second-order valence-corrected chi connectivity index (χ2v) is 3.39. The van der Waals surface area contributed by atoms with Gasteiger partial charge in [-0.05, 0) is 12.8 Å². The van der Waals surface area contributed by atoms with Crippen molar-refractivity contribution in [3.63, 3.8) is 0 Å². The van der Waals surface area contributed by atoms with Gasteiger partial charge in [0, 0.05) is 13.2 Å². The highest BCUT2D eigenvalue weighted by Crippen LogP contribution is 2.05. The van der Waals surface area contributed by atoms with E-state index in [-0.39, 0.29) is 6.61 Å². The molecule has 0 fully saturated rings. The van der Waals surface area contributed by atoms with Crippen molar-refractivity contribution < 1.29 is 9.84 Å². The summed E-state index contributed by atoms with van der Waals surface area (Å²) in [6.07, 6.45) is 1.99. The molecule has 0 aliphatic heterocycles. The zero-order valence-electron chi connectivity index (χ0n) is 9.44. The maximum absolute atomic E-state index is 9.07. The van der Waals surface area contributed by atoms with Crippen LogP contribution in [0.25, 0.3) is 0 Å². The lowest BCUT2D eigenvalue weighted by Gasteiger charge is -2.07. The molecule has 0 aromatic carbocycles. The molecule has 1 aromatic rings. The van der Waals surface area contributed by atoms with Crippen LogP contribution < -0.4 is 0 Å². The Labute approximate surface area is 90.1 Å². The van der Waals surface area contributed by atoms with E-state index in [0.29, 0.717) is 12.4 Å². The van der Waals surface area contributed by atoms with E-state index in [1.165, 1.54) is 0 Å². The average molecular weight is 213 g/mol. The van der Waals surface area contributed by atoms with Crippen LogP contribution in [0.4, 0.5) is 0 Å². The van der Waals surface area contributed by atoms with Crippen molar-refractivity contribution in [2.24, 2.45) is 0 Å². The van der Waals surface area contributed by atoms with Crippen LogP contribution in [0, 0.1) is 0 Å². The van der Waals surface area contributed by atoms with Gasteiger partial charge in [-0.1, -0.05) is 13.8 Å². The Balaban J connectivity index is 2.64. The normalized spacial score (nSPS) is 10.9. The molecule has 5 heteroatoms. The fourth-order valence-electron chi connectivity index (χ4n) is 1.39. The highest BCUT2D eigenvalue weighted by Gasteiger charge is 2.09. The Morgan fingerprint density at radius 2 is 1.93 bits per heavy atom. The standard InChI is InChI=1S/C10H19N3O2/c1-3-5-13-9(7-14)11-12-10(13)8-15-6-4-2/h14H,3-8H2,1-2H3. The molecule has 1 aromatic heterocycles. The Hall–Kier alpha value is -0.940. The topological polar surface area (TPSA) is 60.2 Å². The largest absolute Gasteiger partial charge is 0.388 e. The van der Waals surface area contributed by atoms with E-state index in [0.717, 1.165) is 31.8 Å². The first-order valence-corrected chi connectivity index (χ1v) is 5.43. The second-order valence-electron chi connectivity index (χ2n) is 3.39. The number of hydrogen-bond acceptors (Lipinski definition) is 4. The van der Waals surface area contributed by atoms with Gasteiger partial charge in [-0.25, -0.2) is 0 Å². The summed E-state index contributed by atoms with van der Waals surface area (Å²) in [7, 11) is 0. The van der Waals surface area contributed by atoms with Crippen LogP contribution in [-0.2, 0) is 24.5 Å². The van der Waals surface area contributed by atoms with Gasteiger partial charge >= 0.3 is 0 Å². The monoisotopic (exact) mass is 213 g/mol. The fourth-order valence-corrected chi connectivity index (χ4v) is 1.39. The van der Waals surface area contributed by atoms with Gasteiger partial charge in [0.2, 0.25) is 0 Å². The first-order chi connectivity index (χ1) is 7.33. The van der Waals surface area contributed by atoms with E-state index in [9.17, 15) is 0 Å². The zero-order chi connectivity index (χ0) is 11.1. The Bertz CT molecular complexity index is 286. The van der Waals surface area contributed by atoms with Gasteiger partial charge < -0.3 is 14.4 Å². The molecule has 0 saturated carbocycles. The van der Waals surface area contributed by atoms with E-state index < -0.39 is 0 Å². The molecule has 1 N–H and O–H groups in total. The molecule has 0 aliphatic rings. The first kappa shape index (κ1) is 12.1. The van der Waals surface area contributed by atoms with Crippen molar-refractivity contribution in [3.8, 4) is 0 Å². The van der Waals surface area contributed by atoms with Gasteiger partial charge in [0.25, 0.3) is 0 Å². The molecular formula is C10H19N3O2. The third-order valence-corrected chi connectivity index (χ3v) is 2.07. The molecule has 0 saturated heterocycles. The lowest BCUT2D eigenvalue weighted by Crippen LogP contribution is -2.09. The maximum atomic E-state index is 9.07. The number of hydrogen-bond donors (Lipinski definition) is 1. The van der Waals surface area contributed by atoms with Crippen molar-refractivity contribution in [2.45, 2.75) is 46.4 Å². The Morgan fingerprint density at radius 3 is 2.53 bits per heavy atom. The van der Waals surface area contributed by atoms with Crippen molar-refractivity contribution in [3.05, 3.63) is 11.6 Å². The predicted octanol–water partition coefficient (Wildman–Crippen LogP) is 1.11. The molecule has 0 amide bonds. The van der Waals surface area contributed by atoms with Crippen molar-refractivity contribution in [1.29, 1.82) is 0 Å². The fraction of sp³-hybridized carbons (Fsp3) is 0.800. The highest BCUT2D eigenvalue weighted by molar-refractivity contribution is 4.93. The van der Waals surface area contributed by atoms with E-state index in [1.54, 1.807) is 0 Å². The molecule has 0 spiro atoms. The number of rotatable bonds is 7. The van der Waals surface area contributed by atoms with E-state index in [1.807, 2.05) is 4.57 Å². The summed E-state index contributed by atoms with van der Waals surface area (Å²) in [6.45, 7) is 6.11. The summed E-state index contributed by atoms with van der Waals surface area (Å²) in [6, 6.07) is 0. The highest BCUT2D eigenvalue weighted by atomic mass is 16.5. The quantitative estimate of drug-likeness (QED) is 0.689. The third-order valence-electron chi connectivity index (χ3n) is 2.07. The lowest BCUT2D eigenvalue weighted by molar-refractivity contribution is 0.113. The molecule has 0 atom stereocenters. The molecule has 0 bridgehead atoms. The SMILES string of the molecule is CCCOCc1nnc(CO)n1CCC. The van der Waals surface area contributed by atoms with E-state index in [2.05, 4.69) is 24.0 Å². The molecule has 15 heavy (non-hydrogen) atoms. The summed E-state index contributed by atoms with van der Waals surface area (Å²) < 4.78 is 7.33. The maximum Gasteiger partial charge on any atom is 0.159 e.